The third-order valence-corrected chi connectivity index (χ3v) is 5.67. The van der Waals surface area contributed by atoms with Crippen molar-refractivity contribution in [3.63, 3.8) is 0 Å². The van der Waals surface area contributed by atoms with Crippen LogP contribution in [0.25, 0.3) is 0 Å². The zero-order chi connectivity index (χ0) is 22.4. The Hall–Kier alpha value is -3.27. The molecular formula is C21H30N6O4. The Morgan fingerprint density at radius 1 is 1.26 bits per heavy atom. The van der Waals surface area contributed by atoms with Crippen LogP contribution in [0.4, 0.5) is 4.79 Å². The number of nitrogens with zero attached hydrogens (tertiary/aromatic N) is 2. The molecular weight excluding hydrogens is 400 g/mol. The number of ether oxygens (including phenoxy) is 1. The van der Waals surface area contributed by atoms with E-state index in [2.05, 4.69) is 10.2 Å². The predicted octanol–water partition coefficient (Wildman–Crippen LogP) is 0.884. The van der Waals surface area contributed by atoms with Crippen LogP contribution in [0.1, 0.15) is 24.8 Å². The number of piperidine rings is 1. The first-order chi connectivity index (χ1) is 14.8. The second-order valence-electron chi connectivity index (χ2n) is 7.90. The molecule has 0 atom stereocenters. The van der Waals surface area contributed by atoms with E-state index in [0.29, 0.717) is 24.8 Å². The monoisotopic (exact) mass is 430 g/mol. The van der Waals surface area contributed by atoms with Crippen LogP contribution in [0.3, 0.4) is 0 Å². The normalized spacial score (nSPS) is 17.7. The van der Waals surface area contributed by atoms with Gasteiger partial charge in [-0.05, 0) is 56.0 Å². The Morgan fingerprint density at radius 2 is 2.00 bits per heavy atom. The molecule has 2 heterocycles. The van der Waals surface area contributed by atoms with E-state index in [9.17, 15) is 9.59 Å². The molecule has 2 amide bonds. The van der Waals surface area contributed by atoms with Crippen molar-refractivity contribution < 1.29 is 19.4 Å². The number of nitrogens with one attached hydrogen (secondary N) is 2. The van der Waals surface area contributed by atoms with Gasteiger partial charge in [-0.25, -0.2) is 4.79 Å². The first-order valence-electron chi connectivity index (χ1n) is 10.4. The highest BCUT2D eigenvalue weighted by atomic mass is 16.5. The zero-order valence-corrected chi connectivity index (χ0v) is 17.5. The molecule has 2 aliphatic heterocycles. The van der Waals surface area contributed by atoms with Crippen molar-refractivity contribution >= 4 is 17.8 Å². The van der Waals surface area contributed by atoms with Gasteiger partial charge in [0.1, 0.15) is 23.9 Å². The summed E-state index contributed by atoms with van der Waals surface area (Å²) >= 11 is 0. The minimum Gasteiger partial charge on any atom is -0.492 e. The molecule has 0 saturated carbocycles. The average Bonchev–Trinajstić information content (AvgIpc) is 3.01. The van der Waals surface area contributed by atoms with Crippen LogP contribution in [0, 0.1) is 11.3 Å². The van der Waals surface area contributed by atoms with Crippen LogP contribution in [0.15, 0.2) is 35.8 Å². The molecule has 0 aromatic heterocycles. The van der Waals surface area contributed by atoms with Gasteiger partial charge < -0.3 is 26.6 Å². The summed E-state index contributed by atoms with van der Waals surface area (Å²) in [5.41, 5.74) is 11.9. The maximum atomic E-state index is 12.0. The average molecular weight is 431 g/mol. The Morgan fingerprint density at radius 3 is 2.65 bits per heavy atom. The number of urea groups is 1. The van der Waals surface area contributed by atoms with Gasteiger partial charge in [-0.3, -0.25) is 20.0 Å². The topological polar surface area (TPSA) is 158 Å². The third-order valence-electron chi connectivity index (χ3n) is 5.67. The number of benzene rings is 1. The Bertz CT molecular complexity index is 859. The summed E-state index contributed by atoms with van der Waals surface area (Å²) in [6, 6.07) is 6.84. The number of rotatable bonds is 9. The molecule has 0 aliphatic carbocycles. The van der Waals surface area contributed by atoms with Gasteiger partial charge in [0.05, 0.1) is 6.42 Å². The fraction of sp³-hybridized carbons (Fsp3) is 0.476. The highest BCUT2D eigenvalue weighted by molar-refractivity contribution is 6.13. The van der Waals surface area contributed by atoms with Crippen molar-refractivity contribution in [3.05, 3.63) is 41.3 Å². The van der Waals surface area contributed by atoms with E-state index in [1.165, 1.54) is 4.90 Å². The summed E-state index contributed by atoms with van der Waals surface area (Å²) < 4.78 is 5.79. The van der Waals surface area contributed by atoms with Crippen LogP contribution in [0.2, 0.25) is 0 Å². The lowest BCUT2D eigenvalue weighted by molar-refractivity contribution is -0.136. The Balaban J connectivity index is 1.36. The molecule has 1 aromatic rings. The fourth-order valence-electron chi connectivity index (χ4n) is 3.92. The molecule has 2 fully saturated rings. The van der Waals surface area contributed by atoms with E-state index < -0.39 is 5.97 Å². The summed E-state index contributed by atoms with van der Waals surface area (Å²) in [6.07, 6.45) is 2.87. The highest BCUT2D eigenvalue weighted by Crippen LogP contribution is 2.22. The maximum absolute atomic E-state index is 12.0. The van der Waals surface area contributed by atoms with Gasteiger partial charge in [-0.1, -0.05) is 12.1 Å². The Labute approximate surface area is 181 Å². The maximum Gasteiger partial charge on any atom is 0.327 e. The quantitative estimate of drug-likeness (QED) is 0.389. The molecule has 168 valence electrons. The lowest BCUT2D eigenvalue weighted by Crippen LogP contribution is -2.38. The number of carbonyl (C=O) groups excluding carboxylic acids is 1. The number of aliphatic carboxylic acids is 1. The molecule has 1 aromatic carbocycles. The van der Waals surface area contributed by atoms with Crippen molar-refractivity contribution in [1.82, 2.24) is 15.1 Å². The van der Waals surface area contributed by atoms with Crippen LogP contribution >= 0.6 is 0 Å². The van der Waals surface area contributed by atoms with Crippen molar-refractivity contribution in [2.45, 2.75) is 25.7 Å². The zero-order valence-electron chi connectivity index (χ0n) is 17.5. The van der Waals surface area contributed by atoms with Crippen LogP contribution < -0.4 is 21.5 Å². The van der Waals surface area contributed by atoms with E-state index in [4.69, 9.17) is 26.7 Å². The number of likely N-dealkylation sites (tertiary alicyclic amines) is 1. The van der Waals surface area contributed by atoms with Crippen molar-refractivity contribution in [3.8, 4) is 5.75 Å². The van der Waals surface area contributed by atoms with Crippen molar-refractivity contribution in [1.29, 1.82) is 5.41 Å². The van der Waals surface area contributed by atoms with Crippen LogP contribution in [-0.2, 0) is 11.2 Å². The van der Waals surface area contributed by atoms with E-state index in [0.717, 1.165) is 44.5 Å². The Kier molecular flexibility index (Phi) is 7.35. The molecule has 0 bridgehead atoms. The summed E-state index contributed by atoms with van der Waals surface area (Å²) in [5.74, 6) is 0.305. The van der Waals surface area contributed by atoms with E-state index in [1.807, 2.05) is 6.07 Å². The van der Waals surface area contributed by atoms with Gasteiger partial charge in [-0.15, -0.1) is 0 Å². The first kappa shape index (κ1) is 22.4. The van der Waals surface area contributed by atoms with Crippen LogP contribution in [-0.4, -0.2) is 65.5 Å². The molecule has 0 unspecified atom stereocenters. The summed E-state index contributed by atoms with van der Waals surface area (Å²) in [4.78, 5) is 26.6. The minimum atomic E-state index is -0.859. The molecule has 2 saturated heterocycles. The van der Waals surface area contributed by atoms with Crippen LogP contribution in [0.5, 0.6) is 5.75 Å². The molecule has 10 nitrogen and oxygen atoms in total. The standard InChI is InChI=1S/C21H30N6O4/c22-19(23)18-20(24)27(21(30)25-18)9-6-14-4-7-26(8-5-14)10-11-31-16-3-1-2-15(12-16)13-17(28)29/h1-3,12,14,24H,4-11,13,22-23H2,(H,25,30)(H,28,29). The summed E-state index contributed by atoms with van der Waals surface area (Å²) in [5, 5.41) is 19.5. The van der Waals surface area contributed by atoms with E-state index >= 15 is 0 Å². The molecule has 0 spiro atoms. The van der Waals surface area contributed by atoms with Gasteiger partial charge in [-0.2, -0.15) is 0 Å². The smallest absolute Gasteiger partial charge is 0.327 e. The molecule has 7 N–H and O–H groups in total. The number of amidine groups is 1. The van der Waals surface area contributed by atoms with Crippen molar-refractivity contribution in [2.75, 3.05) is 32.8 Å². The summed E-state index contributed by atoms with van der Waals surface area (Å²) in [6.45, 7) is 3.73. The lowest BCUT2D eigenvalue weighted by atomic mass is 9.93. The number of carbonyl (C=O) groups is 2. The largest absolute Gasteiger partial charge is 0.492 e. The predicted molar refractivity (Wildman–Crippen MR) is 115 cm³/mol. The fourth-order valence-corrected chi connectivity index (χ4v) is 3.92. The van der Waals surface area contributed by atoms with E-state index in [-0.39, 0.29) is 29.8 Å². The van der Waals surface area contributed by atoms with Crippen molar-refractivity contribution in [2.24, 2.45) is 17.4 Å². The number of hydrogen-bond acceptors (Lipinski definition) is 7. The molecule has 0 radical (unpaired) electrons. The molecule has 2 aliphatic rings. The number of hydrogen-bond donors (Lipinski definition) is 5. The molecule has 31 heavy (non-hydrogen) atoms. The molecule has 10 heteroatoms. The number of carboxylic acids is 1. The van der Waals surface area contributed by atoms with Gasteiger partial charge in [0, 0.05) is 13.1 Å². The third kappa shape index (κ3) is 6.11. The van der Waals surface area contributed by atoms with E-state index in [1.54, 1.807) is 18.2 Å². The summed E-state index contributed by atoms with van der Waals surface area (Å²) in [7, 11) is 0. The second-order valence-corrected chi connectivity index (χ2v) is 7.90. The minimum absolute atomic E-state index is 0.0134. The molecule has 3 rings (SSSR count). The lowest BCUT2D eigenvalue weighted by Gasteiger charge is -2.32. The number of carboxylic acid groups (broad SMARTS) is 1. The number of nitrogens with two attached hydrogens (primary N) is 2. The highest BCUT2D eigenvalue weighted by Gasteiger charge is 2.32. The van der Waals surface area contributed by atoms with Gasteiger partial charge >= 0.3 is 12.0 Å². The van der Waals surface area contributed by atoms with Gasteiger partial charge in [0.15, 0.2) is 5.84 Å². The number of amides is 2. The SMILES string of the molecule is N=C1C(=C(N)N)NC(=O)N1CCC1CCN(CCOc2cccc(CC(=O)O)c2)CC1. The first-order valence-corrected chi connectivity index (χ1v) is 10.4. The van der Waals surface area contributed by atoms with Gasteiger partial charge in [0.25, 0.3) is 0 Å². The second kappa shape index (κ2) is 10.2. The van der Waals surface area contributed by atoms with Gasteiger partial charge in [0.2, 0.25) is 0 Å².